The van der Waals surface area contributed by atoms with Gasteiger partial charge in [-0.05, 0) is 65.1 Å². The number of carbonyl (C=O) groups is 1. The molecule has 6 heteroatoms. The quantitative estimate of drug-likeness (QED) is 0.645. The molecule has 0 aliphatic rings. The predicted molar refractivity (Wildman–Crippen MR) is 96.8 cm³/mol. The molecular formula is C17H14IN3O2. The highest BCUT2D eigenvalue weighted by molar-refractivity contribution is 14.1. The molecule has 0 aliphatic heterocycles. The van der Waals surface area contributed by atoms with Gasteiger partial charge in [0.25, 0.3) is 5.91 Å². The van der Waals surface area contributed by atoms with E-state index >= 15 is 0 Å². The summed E-state index contributed by atoms with van der Waals surface area (Å²) < 4.78 is 8.31. The molecule has 0 bridgehead atoms. The molecule has 0 saturated carbocycles. The number of hydrogen-bond donors (Lipinski definition) is 1. The van der Waals surface area contributed by atoms with Crippen LogP contribution in [0.3, 0.4) is 0 Å². The van der Waals surface area contributed by atoms with Crippen LogP contribution < -0.4 is 10.1 Å². The molecule has 0 unspecified atom stereocenters. The van der Waals surface area contributed by atoms with E-state index in [9.17, 15) is 4.79 Å². The van der Waals surface area contributed by atoms with Crippen molar-refractivity contribution < 1.29 is 9.53 Å². The second kappa shape index (κ2) is 7.28. The van der Waals surface area contributed by atoms with E-state index in [1.165, 1.54) is 0 Å². The zero-order valence-corrected chi connectivity index (χ0v) is 14.3. The molecule has 1 heterocycles. The number of carbonyl (C=O) groups excluding carboxylic acids is 1. The summed E-state index contributed by atoms with van der Waals surface area (Å²) in [4.78, 5) is 12.1. The van der Waals surface area contributed by atoms with E-state index < -0.39 is 0 Å². The van der Waals surface area contributed by atoms with Gasteiger partial charge in [-0.2, -0.15) is 5.10 Å². The fraction of sp³-hybridized carbons (Fsp3) is 0.0588. The van der Waals surface area contributed by atoms with Crippen LogP contribution in [-0.4, -0.2) is 22.3 Å². The van der Waals surface area contributed by atoms with Crippen LogP contribution in [-0.2, 0) is 4.79 Å². The molecule has 5 nitrogen and oxygen atoms in total. The average Bonchev–Trinajstić information content (AvgIpc) is 3.09. The van der Waals surface area contributed by atoms with E-state index in [1.807, 2.05) is 60.8 Å². The van der Waals surface area contributed by atoms with Gasteiger partial charge in [0, 0.05) is 16.0 Å². The van der Waals surface area contributed by atoms with Gasteiger partial charge < -0.3 is 10.1 Å². The Balaban J connectivity index is 1.65. The average molecular weight is 419 g/mol. The number of ether oxygens (including phenoxy) is 1. The van der Waals surface area contributed by atoms with Crippen molar-refractivity contribution in [2.45, 2.75) is 0 Å². The normalized spacial score (nSPS) is 10.3. The number of amides is 1. The van der Waals surface area contributed by atoms with Gasteiger partial charge in [0.15, 0.2) is 6.61 Å². The van der Waals surface area contributed by atoms with Crippen molar-refractivity contribution in [3.05, 3.63) is 70.6 Å². The molecule has 0 atom stereocenters. The van der Waals surface area contributed by atoms with Crippen LogP contribution in [0.25, 0.3) is 5.69 Å². The van der Waals surface area contributed by atoms with Crippen molar-refractivity contribution in [1.29, 1.82) is 0 Å². The van der Waals surface area contributed by atoms with Crippen LogP contribution in [0.1, 0.15) is 0 Å². The van der Waals surface area contributed by atoms with Crippen LogP contribution in [0.5, 0.6) is 5.75 Å². The fourth-order valence-electron chi connectivity index (χ4n) is 2.06. The Kier molecular flexibility index (Phi) is 4.92. The minimum Gasteiger partial charge on any atom is -0.484 e. The maximum atomic E-state index is 12.1. The van der Waals surface area contributed by atoms with Crippen LogP contribution >= 0.6 is 22.6 Å². The molecule has 1 amide bonds. The Morgan fingerprint density at radius 2 is 1.91 bits per heavy atom. The second-order valence-electron chi connectivity index (χ2n) is 4.76. The Morgan fingerprint density at radius 1 is 1.13 bits per heavy atom. The van der Waals surface area contributed by atoms with Gasteiger partial charge in [0.05, 0.1) is 11.4 Å². The number of para-hydroxylation sites is 2. The summed E-state index contributed by atoms with van der Waals surface area (Å²) in [5, 5.41) is 7.04. The van der Waals surface area contributed by atoms with E-state index in [4.69, 9.17) is 4.74 Å². The summed E-state index contributed by atoms with van der Waals surface area (Å²) in [6.45, 7) is -0.0476. The molecule has 116 valence electrons. The third kappa shape index (κ3) is 4.10. The van der Waals surface area contributed by atoms with Crippen LogP contribution in [0.4, 0.5) is 5.69 Å². The van der Waals surface area contributed by atoms with Gasteiger partial charge in [-0.3, -0.25) is 4.79 Å². The first-order chi connectivity index (χ1) is 11.2. The number of benzene rings is 2. The highest BCUT2D eigenvalue weighted by atomic mass is 127. The highest BCUT2D eigenvalue weighted by Crippen LogP contribution is 2.19. The molecule has 0 saturated heterocycles. The number of rotatable bonds is 5. The van der Waals surface area contributed by atoms with Gasteiger partial charge in [-0.15, -0.1) is 0 Å². The molecule has 2 aromatic carbocycles. The van der Waals surface area contributed by atoms with E-state index in [-0.39, 0.29) is 12.5 Å². The topological polar surface area (TPSA) is 56.1 Å². The molecule has 23 heavy (non-hydrogen) atoms. The molecule has 0 aliphatic carbocycles. The van der Waals surface area contributed by atoms with E-state index in [0.717, 1.165) is 9.26 Å². The summed E-state index contributed by atoms with van der Waals surface area (Å²) >= 11 is 2.22. The first-order valence-electron chi connectivity index (χ1n) is 6.99. The molecule has 3 rings (SSSR count). The smallest absolute Gasteiger partial charge is 0.262 e. The highest BCUT2D eigenvalue weighted by Gasteiger charge is 2.09. The first kappa shape index (κ1) is 15.5. The number of hydrogen-bond acceptors (Lipinski definition) is 3. The largest absolute Gasteiger partial charge is 0.484 e. The Hall–Kier alpha value is -2.35. The predicted octanol–water partition coefficient (Wildman–Crippen LogP) is 3.49. The minimum atomic E-state index is -0.219. The fourth-order valence-corrected chi connectivity index (χ4v) is 2.42. The zero-order chi connectivity index (χ0) is 16.1. The SMILES string of the molecule is O=C(COc1ccc(I)cc1)Nc1ccccc1-n1cccn1. The van der Waals surface area contributed by atoms with Crippen molar-refractivity contribution in [2.24, 2.45) is 0 Å². The van der Waals surface area contributed by atoms with Crippen LogP contribution in [0.2, 0.25) is 0 Å². The van der Waals surface area contributed by atoms with Gasteiger partial charge in [0.1, 0.15) is 5.75 Å². The summed E-state index contributed by atoms with van der Waals surface area (Å²) in [6, 6.07) is 16.9. The van der Waals surface area contributed by atoms with Gasteiger partial charge >= 0.3 is 0 Å². The van der Waals surface area contributed by atoms with Crippen molar-refractivity contribution >= 4 is 34.2 Å². The lowest BCUT2D eigenvalue weighted by Gasteiger charge is -2.11. The van der Waals surface area contributed by atoms with Crippen molar-refractivity contribution in [3.8, 4) is 11.4 Å². The van der Waals surface area contributed by atoms with Gasteiger partial charge in [0.2, 0.25) is 0 Å². The molecule has 0 radical (unpaired) electrons. The number of aromatic nitrogens is 2. The minimum absolute atomic E-state index is 0.0476. The van der Waals surface area contributed by atoms with Crippen molar-refractivity contribution in [3.63, 3.8) is 0 Å². The molecule has 1 aromatic heterocycles. The monoisotopic (exact) mass is 419 g/mol. The van der Waals surface area contributed by atoms with Crippen molar-refractivity contribution in [2.75, 3.05) is 11.9 Å². The number of halogens is 1. The summed E-state index contributed by atoms with van der Waals surface area (Å²) in [6.07, 6.45) is 3.52. The van der Waals surface area contributed by atoms with E-state index in [2.05, 4.69) is 33.0 Å². The molecule has 0 fully saturated rings. The Labute approximate surface area is 147 Å². The van der Waals surface area contributed by atoms with Crippen LogP contribution in [0.15, 0.2) is 67.0 Å². The molecule has 1 N–H and O–H groups in total. The standard InChI is InChI=1S/C17H14IN3O2/c18-13-6-8-14(9-7-13)23-12-17(22)20-15-4-1-2-5-16(15)21-11-3-10-19-21/h1-11H,12H2,(H,20,22). The molecule has 3 aromatic rings. The summed E-state index contributed by atoms with van der Waals surface area (Å²) in [5.74, 6) is 0.448. The summed E-state index contributed by atoms with van der Waals surface area (Å²) in [7, 11) is 0. The second-order valence-corrected chi connectivity index (χ2v) is 6.00. The third-order valence-corrected chi connectivity index (χ3v) is 3.83. The maximum absolute atomic E-state index is 12.1. The zero-order valence-electron chi connectivity index (χ0n) is 12.1. The lowest BCUT2D eigenvalue weighted by atomic mass is 10.2. The number of anilines is 1. The van der Waals surface area contributed by atoms with Gasteiger partial charge in [-0.1, -0.05) is 12.1 Å². The van der Waals surface area contributed by atoms with Crippen molar-refractivity contribution in [1.82, 2.24) is 9.78 Å². The number of nitrogens with one attached hydrogen (secondary N) is 1. The van der Waals surface area contributed by atoms with Gasteiger partial charge in [-0.25, -0.2) is 4.68 Å². The third-order valence-electron chi connectivity index (χ3n) is 3.11. The van der Waals surface area contributed by atoms with Crippen LogP contribution in [0, 0.1) is 3.57 Å². The molecule has 0 spiro atoms. The Bertz CT molecular complexity index is 786. The maximum Gasteiger partial charge on any atom is 0.262 e. The molecular weight excluding hydrogens is 405 g/mol. The van der Waals surface area contributed by atoms with E-state index in [0.29, 0.717) is 11.4 Å². The summed E-state index contributed by atoms with van der Waals surface area (Å²) in [5.41, 5.74) is 1.49. The lowest BCUT2D eigenvalue weighted by molar-refractivity contribution is -0.118. The van der Waals surface area contributed by atoms with E-state index in [1.54, 1.807) is 10.9 Å². The Morgan fingerprint density at radius 3 is 2.65 bits per heavy atom. The first-order valence-corrected chi connectivity index (χ1v) is 8.07. The number of nitrogens with zero attached hydrogens (tertiary/aromatic N) is 2. The lowest BCUT2D eigenvalue weighted by Crippen LogP contribution is -2.21.